The van der Waals surface area contributed by atoms with Gasteiger partial charge in [0.25, 0.3) is 0 Å². The van der Waals surface area contributed by atoms with Crippen LogP contribution in [0, 0.1) is 19.8 Å². The molecular weight excluding hydrogens is 375 g/mol. The minimum atomic E-state index is -0.187. The lowest BCUT2D eigenvalue weighted by molar-refractivity contribution is -0.120. The van der Waals surface area contributed by atoms with Gasteiger partial charge in [0.2, 0.25) is 11.9 Å². The number of aromatic hydroxyl groups is 1. The summed E-state index contributed by atoms with van der Waals surface area (Å²) in [5.74, 6) is 0.346. The number of piperidine rings is 1. The molecule has 2 aromatic rings. The van der Waals surface area contributed by atoms with Crippen LogP contribution in [0.3, 0.4) is 0 Å². The number of carbonyl (C=O) groups excluding carboxylic acids is 1. The first-order valence-electron chi connectivity index (χ1n) is 8.39. The highest BCUT2D eigenvalue weighted by Crippen LogP contribution is 2.35. The number of amides is 1. The van der Waals surface area contributed by atoms with Crippen molar-refractivity contribution in [3.8, 4) is 5.75 Å². The largest absolute Gasteiger partial charge is 0.505 e. The number of nitrogens with zero attached hydrogens (tertiary/aromatic N) is 3. The molecule has 2 N–H and O–H groups in total. The average Bonchev–Trinajstić information content (AvgIpc) is 2.59. The molecule has 1 aliphatic rings. The Labute approximate surface area is 162 Å². The van der Waals surface area contributed by atoms with Gasteiger partial charge in [-0.25, -0.2) is 9.97 Å². The van der Waals surface area contributed by atoms with Gasteiger partial charge >= 0.3 is 0 Å². The number of aromatic nitrogens is 2. The molecule has 0 aliphatic carbocycles. The number of anilines is 2. The number of phenols is 1. The van der Waals surface area contributed by atoms with Gasteiger partial charge in [0, 0.05) is 36.1 Å². The van der Waals surface area contributed by atoms with Gasteiger partial charge in [0.15, 0.2) is 5.75 Å². The van der Waals surface area contributed by atoms with Gasteiger partial charge in [-0.1, -0.05) is 23.2 Å². The van der Waals surface area contributed by atoms with Gasteiger partial charge in [0.05, 0.1) is 10.0 Å². The van der Waals surface area contributed by atoms with E-state index in [0.717, 1.165) is 30.4 Å². The Hall–Kier alpha value is -2.05. The maximum atomic E-state index is 12.5. The molecule has 8 heteroatoms. The molecule has 1 aromatic heterocycles. The Bertz CT molecular complexity index is 793. The molecule has 1 saturated heterocycles. The van der Waals surface area contributed by atoms with E-state index in [1.807, 2.05) is 19.9 Å². The predicted molar refractivity (Wildman–Crippen MR) is 103 cm³/mol. The van der Waals surface area contributed by atoms with Crippen LogP contribution < -0.4 is 10.2 Å². The molecule has 6 nitrogen and oxygen atoms in total. The number of hydrogen-bond acceptors (Lipinski definition) is 5. The van der Waals surface area contributed by atoms with Crippen LogP contribution in [0.1, 0.15) is 24.2 Å². The van der Waals surface area contributed by atoms with Gasteiger partial charge in [-0.2, -0.15) is 0 Å². The quantitative estimate of drug-likeness (QED) is 0.770. The summed E-state index contributed by atoms with van der Waals surface area (Å²) in [7, 11) is 0. The normalized spacial score (nSPS) is 15.2. The standard InChI is InChI=1S/C18H20Cl2N4O2/c1-10-7-11(2)22-18(21-10)24-5-3-12(4-6-24)17(26)23-13-8-14(19)16(25)15(20)9-13/h7-9,12,25H,3-6H2,1-2H3,(H,23,26). The molecule has 0 bridgehead atoms. The van der Waals surface area contributed by atoms with Crippen LogP contribution >= 0.6 is 23.2 Å². The van der Waals surface area contributed by atoms with Gasteiger partial charge in [-0.15, -0.1) is 0 Å². The highest BCUT2D eigenvalue weighted by molar-refractivity contribution is 6.37. The van der Waals surface area contributed by atoms with Crippen LogP contribution in [0.15, 0.2) is 18.2 Å². The maximum absolute atomic E-state index is 12.5. The second kappa shape index (κ2) is 7.68. The highest BCUT2D eigenvalue weighted by atomic mass is 35.5. The van der Waals surface area contributed by atoms with E-state index >= 15 is 0 Å². The Morgan fingerprint density at radius 3 is 2.19 bits per heavy atom. The fourth-order valence-electron chi connectivity index (χ4n) is 3.07. The minimum absolute atomic E-state index is 0.0798. The van der Waals surface area contributed by atoms with E-state index in [0.29, 0.717) is 18.5 Å². The lowest BCUT2D eigenvalue weighted by Crippen LogP contribution is -2.39. The van der Waals surface area contributed by atoms with Crippen molar-refractivity contribution in [3.05, 3.63) is 39.6 Å². The fraction of sp³-hybridized carbons (Fsp3) is 0.389. The molecule has 3 rings (SSSR count). The van der Waals surface area contributed by atoms with Crippen molar-refractivity contribution < 1.29 is 9.90 Å². The van der Waals surface area contributed by atoms with Gasteiger partial charge < -0.3 is 15.3 Å². The van der Waals surface area contributed by atoms with E-state index in [4.69, 9.17) is 23.2 Å². The average molecular weight is 395 g/mol. The summed E-state index contributed by atoms with van der Waals surface area (Å²) in [4.78, 5) is 23.6. The highest BCUT2D eigenvalue weighted by Gasteiger charge is 2.26. The Morgan fingerprint density at radius 1 is 1.12 bits per heavy atom. The van der Waals surface area contributed by atoms with Crippen LogP contribution in [-0.2, 0) is 4.79 Å². The van der Waals surface area contributed by atoms with Crippen molar-refractivity contribution in [2.75, 3.05) is 23.3 Å². The Kier molecular flexibility index (Phi) is 5.53. The number of benzene rings is 1. The Morgan fingerprint density at radius 2 is 1.65 bits per heavy atom. The van der Waals surface area contributed by atoms with Crippen LogP contribution in [0.2, 0.25) is 10.0 Å². The smallest absolute Gasteiger partial charge is 0.227 e. The number of carbonyl (C=O) groups is 1. The van der Waals surface area contributed by atoms with Crippen molar-refractivity contribution in [1.82, 2.24) is 9.97 Å². The molecular formula is C18H20Cl2N4O2. The number of phenolic OH excluding ortho intramolecular Hbond substituents is 1. The van der Waals surface area contributed by atoms with Gasteiger partial charge in [-0.3, -0.25) is 4.79 Å². The zero-order valence-electron chi connectivity index (χ0n) is 14.6. The number of hydrogen-bond donors (Lipinski definition) is 2. The third-order valence-electron chi connectivity index (χ3n) is 4.40. The van der Waals surface area contributed by atoms with Crippen LogP contribution in [0.25, 0.3) is 0 Å². The molecule has 0 saturated carbocycles. The van der Waals surface area contributed by atoms with Crippen molar-refractivity contribution >= 4 is 40.7 Å². The van der Waals surface area contributed by atoms with Gasteiger partial charge in [0.1, 0.15) is 0 Å². The SMILES string of the molecule is Cc1cc(C)nc(N2CCC(C(=O)Nc3cc(Cl)c(O)c(Cl)c3)CC2)n1. The summed E-state index contributed by atoms with van der Waals surface area (Å²) in [5, 5.41) is 12.6. The molecule has 0 atom stereocenters. The molecule has 0 radical (unpaired) electrons. The number of nitrogens with one attached hydrogen (secondary N) is 1. The number of aryl methyl sites for hydroxylation is 2. The van der Waals surface area contributed by atoms with Crippen LogP contribution in [-0.4, -0.2) is 34.1 Å². The molecule has 0 spiro atoms. The first-order valence-corrected chi connectivity index (χ1v) is 9.15. The summed E-state index contributed by atoms with van der Waals surface area (Å²) < 4.78 is 0. The summed E-state index contributed by atoms with van der Waals surface area (Å²) in [6, 6.07) is 4.91. The second-order valence-corrected chi connectivity index (χ2v) is 7.30. The van der Waals surface area contributed by atoms with E-state index in [9.17, 15) is 9.90 Å². The summed E-state index contributed by atoms with van der Waals surface area (Å²) >= 11 is 11.8. The minimum Gasteiger partial charge on any atom is -0.505 e. The molecule has 26 heavy (non-hydrogen) atoms. The fourth-order valence-corrected chi connectivity index (χ4v) is 3.56. The van der Waals surface area contributed by atoms with E-state index in [-0.39, 0.29) is 27.6 Å². The first-order chi connectivity index (χ1) is 12.3. The van der Waals surface area contributed by atoms with E-state index in [2.05, 4.69) is 20.2 Å². The number of rotatable bonds is 3. The topological polar surface area (TPSA) is 78.4 Å². The lowest BCUT2D eigenvalue weighted by Gasteiger charge is -2.31. The Balaban J connectivity index is 1.62. The third kappa shape index (κ3) is 4.19. The summed E-state index contributed by atoms with van der Waals surface area (Å²) in [6.07, 6.45) is 1.42. The van der Waals surface area contributed by atoms with Crippen LogP contribution in [0.5, 0.6) is 5.75 Å². The molecule has 138 valence electrons. The van der Waals surface area contributed by atoms with Crippen molar-refractivity contribution in [2.24, 2.45) is 5.92 Å². The van der Waals surface area contributed by atoms with Crippen molar-refractivity contribution in [3.63, 3.8) is 0 Å². The third-order valence-corrected chi connectivity index (χ3v) is 4.98. The molecule has 1 aliphatic heterocycles. The summed E-state index contributed by atoms with van der Waals surface area (Å²) in [6.45, 7) is 5.34. The van der Waals surface area contributed by atoms with Gasteiger partial charge in [-0.05, 0) is 44.9 Å². The van der Waals surface area contributed by atoms with Crippen LogP contribution in [0.4, 0.5) is 11.6 Å². The van der Waals surface area contributed by atoms with E-state index in [1.165, 1.54) is 12.1 Å². The first kappa shape index (κ1) is 18.7. The van der Waals surface area contributed by atoms with Crippen molar-refractivity contribution in [1.29, 1.82) is 0 Å². The zero-order valence-corrected chi connectivity index (χ0v) is 16.1. The molecule has 1 fully saturated rings. The molecule has 0 unspecified atom stereocenters. The summed E-state index contributed by atoms with van der Waals surface area (Å²) in [5.41, 5.74) is 2.35. The zero-order chi connectivity index (χ0) is 18.8. The van der Waals surface area contributed by atoms with E-state index < -0.39 is 0 Å². The monoisotopic (exact) mass is 394 g/mol. The second-order valence-electron chi connectivity index (χ2n) is 6.49. The van der Waals surface area contributed by atoms with Crippen molar-refractivity contribution in [2.45, 2.75) is 26.7 Å². The van der Waals surface area contributed by atoms with E-state index in [1.54, 1.807) is 0 Å². The molecule has 2 heterocycles. The number of halogens is 2. The molecule has 1 amide bonds. The predicted octanol–water partition coefficient (Wildman–Crippen LogP) is 3.96. The maximum Gasteiger partial charge on any atom is 0.227 e. The molecule has 1 aromatic carbocycles. The lowest BCUT2D eigenvalue weighted by atomic mass is 9.96.